The monoisotopic (exact) mass is 363 g/mol. The van der Waals surface area contributed by atoms with Crippen LogP contribution in [0.1, 0.15) is 31.2 Å². The second-order valence-electron chi connectivity index (χ2n) is 5.65. The van der Waals surface area contributed by atoms with Crippen molar-refractivity contribution >= 4 is 29.2 Å². The van der Waals surface area contributed by atoms with Crippen molar-refractivity contribution in [3.05, 3.63) is 81.5 Å². The smallest absolute Gasteiger partial charge is 0.345 e. The molecule has 4 rings (SSSR count). The fraction of sp³-hybridized carbons (Fsp3) is 0.0500. The van der Waals surface area contributed by atoms with E-state index in [0.29, 0.717) is 28.2 Å². The normalized spacial score (nSPS) is 14.2. The summed E-state index contributed by atoms with van der Waals surface area (Å²) < 4.78 is 11.2. The van der Waals surface area contributed by atoms with Gasteiger partial charge in [0.2, 0.25) is 5.78 Å². The van der Waals surface area contributed by atoms with Gasteiger partial charge in [0.25, 0.3) is 0 Å². The molecule has 0 N–H and O–H groups in total. The van der Waals surface area contributed by atoms with E-state index in [1.54, 1.807) is 43.5 Å². The Labute approximate surface area is 153 Å². The molecule has 0 spiro atoms. The van der Waals surface area contributed by atoms with Crippen molar-refractivity contribution in [2.45, 2.75) is 6.92 Å². The number of hydrogen-bond donors (Lipinski definition) is 0. The molecule has 0 saturated heterocycles. The Morgan fingerprint density at radius 2 is 2.12 bits per heavy atom. The van der Waals surface area contributed by atoms with Gasteiger partial charge >= 0.3 is 5.97 Å². The number of pyridine rings is 1. The van der Waals surface area contributed by atoms with Gasteiger partial charge in [-0.05, 0) is 42.6 Å². The summed E-state index contributed by atoms with van der Waals surface area (Å²) in [6.07, 6.45) is 4.74. The van der Waals surface area contributed by atoms with Gasteiger partial charge in [0, 0.05) is 28.9 Å². The number of carbonyl (C=O) groups excluding carboxylic acids is 2. The molecule has 3 heterocycles. The molecule has 0 fully saturated rings. The van der Waals surface area contributed by atoms with Gasteiger partial charge in [0.1, 0.15) is 11.5 Å². The maximum atomic E-state index is 12.5. The predicted octanol–water partition coefficient (Wildman–Crippen LogP) is 4.29. The molecule has 0 aliphatic carbocycles. The molecule has 0 bridgehead atoms. The first kappa shape index (κ1) is 16.2. The van der Waals surface area contributed by atoms with Crippen LogP contribution in [0.25, 0.3) is 6.08 Å². The molecule has 3 aromatic rings. The molecule has 128 valence electrons. The maximum absolute atomic E-state index is 12.5. The van der Waals surface area contributed by atoms with Gasteiger partial charge in [-0.1, -0.05) is 6.07 Å². The summed E-state index contributed by atoms with van der Waals surface area (Å²) >= 11 is 1.52. The summed E-state index contributed by atoms with van der Waals surface area (Å²) in [6, 6.07) is 10.3. The SMILES string of the molecule is Cc1c(OC(=O)c2cccnc2)ccc2c1O/C(=C\c1cccs1)C2=O. The molecule has 0 atom stereocenters. The lowest BCUT2D eigenvalue weighted by molar-refractivity contribution is 0.0732. The third kappa shape index (κ3) is 2.91. The number of carbonyl (C=O) groups is 2. The fourth-order valence-corrected chi connectivity index (χ4v) is 3.27. The largest absolute Gasteiger partial charge is 0.452 e. The molecule has 1 aromatic carbocycles. The van der Waals surface area contributed by atoms with Gasteiger partial charge in [-0.2, -0.15) is 0 Å². The Morgan fingerprint density at radius 1 is 1.23 bits per heavy atom. The molecule has 1 aliphatic rings. The topological polar surface area (TPSA) is 65.5 Å². The van der Waals surface area contributed by atoms with E-state index in [1.165, 1.54) is 17.5 Å². The zero-order chi connectivity index (χ0) is 18.1. The zero-order valence-corrected chi connectivity index (χ0v) is 14.6. The van der Waals surface area contributed by atoms with Crippen LogP contribution in [-0.4, -0.2) is 16.7 Å². The summed E-state index contributed by atoms with van der Waals surface area (Å²) in [5.41, 5.74) is 1.41. The van der Waals surface area contributed by atoms with E-state index in [9.17, 15) is 9.59 Å². The number of ketones is 1. The van der Waals surface area contributed by atoms with Crippen molar-refractivity contribution in [1.82, 2.24) is 4.98 Å². The second kappa shape index (κ2) is 6.57. The number of benzene rings is 1. The lowest BCUT2D eigenvalue weighted by atomic mass is 10.1. The minimum Gasteiger partial charge on any atom is -0.452 e. The minimum absolute atomic E-state index is 0.179. The number of hydrogen-bond acceptors (Lipinski definition) is 6. The Hall–Kier alpha value is -3.25. The zero-order valence-electron chi connectivity index (χ0n) is 13.8. The first-order valence-electron chi connectivity index (χ1n) is 7.87. The van der Waals surface area contributed by atoms with Crippen LogP contribution in [0.3, 0.4) is 0 Å². The average molecular weight is 363 g/mol. The first-order valence-corrected chi connectivity index (χ1v) is 8.75. The van der Waals surface area contributed by atoms with Crippen LogP contribution in [0.4, 0.5) is 0 Å². The third-order valence-electron chi connectivity index (χ3n) is 3.95. The molecule has 0 radical (unpaired) electrons. The van der Waals surface area contributed by atoms with Gasteiger partial charge in [-0.15, -0.1) is 11.3 Å². The molecule has 0 amide bonds. The number of allylic oxidation sites excluding steroid dienone is 1. The van der Waals surface area contributed by atoms with Gasteiger partial charge in [-0.3, -0.25) is 9.78 Å². The number of Topliss-reactive ketones (excluding diaryl/α,β-unsaturated/α-hetero) is 1. The van der Waals surface area contributed by atoms with Gasteiger partial charge in [-0.25, -0.2) is 4.79 Å². The molecular formula is C20H13NO4S. The molecule has 5 nitrogen and oxygen atoms in total. The van der Waals surface area contributed by atoms with Crippen molar-refractivity contribution in [2.75, 3.05) is 0 Å². The van der Waals surface area contributed by atoms with Crippen LogP contribution in [0.5, 0.6) is 11.5 Å². The second-order valence-corrected chi connectivity index (χ2v) is 6.63. The van der Waals surface area contributed by atoms with E-state index >= 15 is 0 Å². The van der Waals surface area contributed by atoms with Crippen LogP contribution in [0.15, 0.2) is 59.9 Å². The highest BCUT2D eigenvalue weighted by molar-refractivity contribution is 7.10. The molecule has 26 heavy (non-hydrogen) atoms. The summed E-state index contributed by atoms with van der Waals surface area (Å²) in [5, 5.41) is 1.93. The van der Waals surface area contributed by atoms with Gasteiger partial charge < -0.3 is 9.47 Å². The van der Waals surface area contributed by atoms with Crippen molar-refractivity contribution in [3.63, 3.8) is 0 Å². The fourth-order valence-electron chi connectivity index (χ4n) is 2.62. The van der Waals surface area contributed by atoms with Crippen LogP contribution in [-0.2, 0) is 0 Å². The highest BCUT2D eigenvalue weighted by Crippen LogP contribution is 2.39. The maximum Gasteiger partial charge on any atom is 0.345 e. The summed E-state index contributed by atoms with van der Waals surface area (Å²) in [5.74, 6) is 0.347. The average Bonchev–Trinajstić information content (AvgIpc) is 3.28. The lowest BCUT2D eigenvalue weighted by Gasteiger charge is -2.09. The van der Waals surface area contributed by atoms with Crippen LogP contribution in [0, 0.1) is 6.92 Å². The Balaban J connectivity index is 1.63. The van der Waals surface area contributed by atoms with Gasteiger partial charge in [0.05, 0.1) is 11.1 Å². The van der Waals surface area contributed by atoms with Crippen molar-refractivity contribution in [3.8, 4) is 11.5 Å². The van der Waals surface area contributed by atoms with E-state index in [1.807, 2.05) is 17.5 Å². The number of aromatic nitrogens is 1. The Morgan fingerprint density at radius 3 is 2.85 bits per heavy atom. The number of esters is 1. The standard InChI is InChI=1S/C20H13NO4S/c1-12-16(25-20(23)13-4-2-8-21-11-13)7-6-15-18(22)17(24-19(12)15)10-14-5-3-9-26-14/h2-11H,1H3/b17-10-. The number of thiophene rings is 1. The molecule has 0 unspecified atom stereocenters. The molecule has 6 heteroatoms. The number of nitrogens with zero attached hydrogens (tertiary/aromatic N) is 1. The minimum atomic E-state index is -0.514. The summed E-state index contributed by atoms with van der Waals surface area (Å²) in [6.45, 7) is 1.76. The quantitative estimate of drug-likeness (QED) is 0.395. The van der Waals surface area contributed by atoms with Gasteiger partial charge in [0.15, 0.2) is 5.76 Å². The third-order valence-corrected chi connectivity index (χ3v) is 4.77. The summed E-state index contributed by atoms with van der Waals surface area (Å²) in [7, 11) is 0. The van der Waals surface area contributed by atoms with Crippen LogP contribution >= 0.6 is 11.3 Å². The van der Waals surface area contributed by atoms with E-state index in [2.05, 4.69) is 4.98 Å². The van der Waals surface area contributed by atoms with Crippen LogP contribution in [0.2, 0.25) is 0 Å². The molecule has 2 aromatic heterocycles. The van der Waals surface area contributed by atoms with E-state index in [0.717, 1.165) is 4.88 Å². The highest BCUT2D eigenvalue weighted by Gasteiger charge is 2.30. The number of ether oxygens (including phenoxy) is 2. The van der Waals surface area contributed by atoms with Crippen LogP contribution < -0.4 is 9.47 Å². The van der Waals surface area contributed by atoms with E-state index in [4.69, 9.17) is 9.47 Å². The van der Waals surface area contributed by atoms with Crippen molar-refractivity contribution in [2.24, 2.45) is 0 Å². The Kier molecular flexibility index (Phi) is 4.10. The number of fused-ring (bicyclic) bond motifs is 1. The van der Waals surface area contributed by atoms with Crippen molar-refractivity contribution < 1.29 is 19.1 Å². The van der Waals surface area contributed by atoms with E-state index < -0.39 is 5.97 Å². The number of rotatable bonds is 3. The Bertz CT molecular complexity index is 1020. The first-order chi connectivity index (χ1) is 12.6. The molecule has 1 aliphatic heterocycles. The molecule has 0 saturated carbocycles. The lowest BCUT2D eigenvalue weighted by Crippen LogP contribution is -2.09. The highest BCUT2D eigenvalue weighted by atomic mass is 32.1. The van der Waals surface area contributed by atoms with Crippen molar-refractivity contribution in [1.29, 1.82) is 0 Å². The molecular weight excluding hydrogens is 350 g/mol. The summed E-state index contributed by atoms with van der Waals surface area (Å²) in [4.78, 5) is 29.6. The van der Waals surface area contributed by atoms with E-state index in [-0.39, 0.29) is 11.5 Å². The predicted molar refractivity (Wildman–Crippen MR) is 97.6 cm³/mol.